The summed E-state index contributed by atoms with van der Waals surface area (Å²) in [4.78, 5) is 12.5. The fraction of sp³-hybridized carbons (Fsp3) is 0.353. The van der Waals surface area contributed by atoms with Gasteiger partial charge in [-0.1, -0.05) is 78.3 Å². The van der Waals surface area contributed by atoms with Crippen LogP contribution in [0.25, 0.3) is 0 Å². The quantitative estimate of drug-likeness (QED) is 0.484. The minimum atomic E-state index is -0.244. The minimum absolute atomic E-state index is 0.00433. The number of hydrogen-bond donors (Lipinski definition) is 1. The van der Waals surface area contributed by atoms with Crippen molar-refractivity contribution in [3.63, 3.8) is 0 Å². The third-order valence-corrected chi connectivity index (χ3v) is 6.72. The van der Waals surface area contributed by atoms with Crippen molar-refractivity contribution in [3.05, 3.63) is 46.2 Å². The normalized spacial score (nSPS) is 20.5. The molecule has 1 aliphatic carbocycles. The highest BCUT2D eigenvalue weighted by atomic mass is 35.5. The average molecular weight is 432 g/mol. The van der Waals surface area contributed by atoms with Crippen molar-refractivity contribution < 1.29 is 9.18 Å². The van der Waals surface area contributed by atoms with Gasteiger partial charge in [0.25, 0.3) is 0 Å². The number of benzene rings is 1. The number of carbonyl (C=O) groups is 1. The van der Waals surface area contributed by atoms with Crippen LogP contribution < -0.4 is 5.32 Å². The number of amides is 1. The summed E-state index contributed by atoms with van der Waals surface area (Å²) in [5.41, 5.74) is 0.400. The van der Waals surface area contributed by atoms with Crippen LogP contribution in [0, 0.1) is 23.1 Å². The lowest BCUT2D eigenvalue weighted by Gasteiger charge is -2.02. The van der Waals surface area contributed by atoms with Crippen molar-refractivity contribution in [2.75, 3.05) is 5.32 Å². The number of carbonyl (C=O) groups excluding carboxylic acids is 1. The van der Waals surface area contributed by atoms with E-state index in [0.29, 0.717) is 20.8 Å². The molecule has 1 aromatic carbocycles. The van der Waals surface area contributed by atoms with E-state index in [1.807, 2.05) is 13.8 Å². The lowest BCUT2D eigenvalue weighted by atomic mass is 10.1. The van der Waals surface area contributed by atoms with Crippen molar-refractivity contribution in [3.8, 4) is 0 Å². The molecule has 3 rings (SSSR count). The van der Waals surface area contributed by atoms with Gasteiger partial charge in [-0.25, -0.2) is 4.39 Å². The summed E-state index contributed by atoms with van der Waals surface area (Å²) in [6.07, 6.45) is 1.70. The van der Waals surface area contributed by atoms with Gasteiger partial charge in [0.1, 0.15) is 10.3 Å². The number of nitrogens with one attached hydrogen (secondary N) is 1. The number of nitrogens with zero attached hydrogens (tertiary/aromatic N) is 2. The summed E-state index contributed by atoms with van der Waals surface area (Å²) in [5.74, 6) is -0.145. The molecule has 1 saturated carbocycles. The molecule has 1 aliphatic rings. The van der Waals surface area contributed by atoms with Crippen molar-refractivity contribution in [1.82, 2.24) is 10.2 Å². The van der Waals surface area contributed by atoms with Crippen LogP contribution in [0.1, 0.15) is 19.4 Å². The number of anilines is 1. The van der Waals surface area contributed by atoms with Gasteiger partial charge in [0.2, 0.25) is 11.0 Å². The molecule has 138 valence electrons. The summed E-state index contributed by atoms with van der Waals surface area (Å²) in [6.45, 7) is 3.98. The van der Waals surface area contributed by atoms with Gasteiger partial charge < -0.3 is 5.32 Å². The molecule has 1 N–H and O–H groups in total. The fourth-order valence-corrected chi connectivity index (χ4v) is 4.89. The average Bonchev–Trinajstić information content (AvgIpc) is 2.90. The molecule has 0 aliphatic heterocycles. The Morgan fingerprint density at radius 2 is 2.12 bits per heavy atom. The van der Waals surface area contributed by atoms with Crippen LogP contribution in [-0.2, 0) is 10.5 Å². The number of hydrogen-bond acceptors (Lipinski definition) is 5. The zero-order valence-electron chi connectivity index (χ0n) is 14.0. The molecule has 0 spiro atoms. The summed E-state index contributed by atoms with van der Waals surface area (Å²) in [6, 6.07) is 6.61. The Morgan fingerprint density at radius 1 is 1.38 bits per heavy atom. The maximum atomic E-state index is 13.6. The van der Waals surface area contributed by atoms with Crippen LogP contribution in [0.5, 0.6) is 0 Å². The fourth-order valence-electron chi connectivity index (χ4n) is 2.88. The van der Waals surface area contributed by atoms with Crippen molar-refractivity contribution in [2.45, 2.75) is 23.9 Å². The third kappa shape index (κ3) is 4.39. The zero-order valence-corrected chi connectivity index (χ0v) is 17.1. The van der Waals surface area contributed by atoms with Gasteiger partial charge in [0, 0.05) is 5.75 Å². The summed E-state index contributed by atoms with van der Waals surface area (Å²) < 4.78 is 14.5. The number of aromatic nitrogens is 2. The van der Waals surface area contributed by atoms with Gasteiger partial charge in [0.05, 0.1) is 5.92 Å². The summed E-state index contributed by atoms with van der Waals surface area (Å²) in [5, 5.41) is 11.2. The minimum Gasteiger partial charge on any atom is -0.300 e. The molecular weight excluding hydrogens is 416 g/mol. The van der Waals surface area contributed by atoms with E-state index < -0.39 is 0 Å². The van der Waals surface area contributed by atoms with E-state index in [1.165, 1.54) is 29.2 Å². The Hall–Kier alpha value is -1.15. The van der Waals surface area contributed by atoms with Gasteiger partial charge in [-0.3, -0.25) is 4.79 Å². The van der Waals surface area contributed by atoms with Gasteiger partial charge in [-0.15, -0.1) is 10.2 Å². The van der Waals surface area contributed by atoms with E-state index in [4.69, 9.17) is 23.2 Å². The van der Waals surface area contributed by atoms with Crippen LogP contribution >= 0.6 is 46.3 Å². The topological polar surface area (TPSA) is 54.9 Å². The monoisotopic (exact) mass is 431 g/mol. The van der Waals surface area contributed by atoms with E-state index >= 15 is 0 Å². The predicted molar refractivity (Wildman–Crippen MR) is 105 cm³/mol. The maximum absolute atomic E-state index is 13.6. The van der Waals surface area contributed by atoms with Crippen LogP contribution in [0.2, 0.25) is 0 Å². The smallest absolute Gasteiger partial charge is 0.230 e. The first kappa shape index (κ1) is 19.6. The molecule has 0 unspecified atom stereocenters. The lowest BCUT2D eigenvalue weighted by molar-refractivity contribution is -0.118. The molecule has 2 aromatic rings. The van der Waals surface area contributed by atoms with Crippen molar-refractivity contribution in [1.29, 1.82) is 0 Å². The molecule has 1 amide bonds. The van der Waals surface area contributed by atoms with Gasteiger partial charge in [-0.05, 0) is 29.0 Å². The number of halogens is 3. The molecule has 1 heterocycles. The van der Waals surface area contributed by atoms with Crippen LogP contribution in [0.4, 0.5) is 9.52 Å². The van der Waals surface area contributed by atoms with Crippen molar-refractivity contribution >= 4 is 57.3 Å². The summed E-state index contributed by atoms with van der Waals surface area (Å²) in [7, 11) is 0. The molecule has 1 fully saturated rings. The second kappa shape index (κ2) is 7.84. The Labute approximate surface area is 169 Å². The molecule has 1 aromatic heterocycles. The first-order valence-electron chi connectivity index (χ1n) is 7.82. The molecule has 2 atom stereocenters. The first-order valence-corrected chi connectivity index (χ1v) is 10.4. The molecule has 26 heavy (non-hydrogen) atoms. The highest BCUT2D eigenvalue weighted by Gasteiger charge is 2.60. The molecule has 4 nitrogen and oxygen atoms in total. The third-order valence-electron chi connectivity index (χ3n) is 4.44. The molecule has 0 radical (unpaired) electrons. The summed E-state index contributed by atoms with van der Waals surface area (Å²) >= 11 is 14.1. The highest BCUT2D eigenvalue weighted by Crippen LogP contribution is 2.60. The Balaban J connectivity index is 1.58. The van der Waals surface area contributed by atoms with Gasteiger partial charge >= 0.3 is 0 Å². The van der Waals surface area contributed by atoms with Gasteiger partial charge in [-0.2, -0.15) is 0 Å². The van der Waals surface area contributed by atoms with E-state index in [1.54, 1.807) is 24.3 Å². The number of rotatable bonds is 6. The van der Waals surface area contributed by atoms with Gasteiger partial charge in [0.15, 0.2) is 4.34 Å². The maximum Gasteiger partial charge on any atom is 0.230 e. The standard InChI is InChI=1S/C17H16Cl2FN3OS2/c1-17(2)10(7-12(18)19)13(17)14(24)21-15-22-23-16(26-15)25-8-9-5-3-4-6-11(9)20/h3-7,10,13H,8H2,1-2H3,(H,21,22,24)/t10-,13+/m1/s1. The Kier molecular flexibility index (Phi) is 5.91. The van der Waals surface area contributed by atoms with Crippen LogP contribution in [-0.4, -0.2) is 16.1 Å². The second-order valence-electron chi connectivity index (χ2n) is 6.52. The largest absolute Gasteiger partial charge is 0.300 e. The van der Waals surface area contributed by atoms with E-state index in [2.05, 4.69) is 15.5 Å². The highest BCUT2D eigenvalue weighted by molar-refractivity contribution is 8.00. The Bertz CT molecular complexity index is 852. The molecule has 0 bridgehead atoms. The molecule has 0 saturated heterocycles. The number of thioether (sulfide) groups is 1. The van der Waals surface area contributed by atoms with E-state index in [9.17, 15) is 9.18 Å². The van der Waals surface area contributed by atoms with E-state index in [0.717, 1.165) is 0 Å². The Morgan fingerprint density at radius 3 is 2.81 bits per heavy atom. The van der Waals surface area contributed by atoms with Crippen molar-refractivity contribution in [2.24, 2.45) is 17.3 Å². The lowest BCUT2D eigenvalue weighted by Crippen LogP contribution is -2.16. The molecule has 9 heteroatoms. The number of allylic oxidation sites excluding steroid dienone is 1. The first-order chi connectivity index (χ1) is 12.3. The zero-order chi connectivity index (χ0) is 18.9. The van der Waals surface area contributed by atoms with Crippen LogP contribution in [0.3, 0.4) is 0 Å². The second-order valence-corrected chi connectivity index (χ2v) is 9.73. The SMILES string of the molecule is CC1(C)[C@H](C=C(Cl)Cl)[C@H]1C(=O)Nc1nnc(SCc2ccccc2F)s1. The molecular formula is C17H16Cl2FN3OS2. The predicted octanol–water partition coefficient (Wildman–Crippen LogP) is 5.50. The van der Waals surface area contributed by atoms with E-state index in [-0.39, 0.29) is 33.5 Å². The van der Waals surface area contributed by atoms with Crippen LogP contribution in [0.15, 0.2) is 39.2 Å².